The van der Waals surface area contributed by atoms with Crippen LogP contribution in [0.5, 0.6) is 0 Å². The molecule has 1 aliphatic rings. The van der Waals surface area contributed by atoms with Gasteiger partial charge in [-0.15, -0.1) is 0 Å². The van der Waals surface area contributed by atoms with Gasteiger partial charge in [-0.3, -0.25) is 0 Å². The zero-order chi connectivity index (χ0) is 12.8. The van der Waals surface area contributed by atoms with E-state index >= 15 is 0 Å². The number of halogens is 5. The van der Waals surface area contributed by atoms with Crippen molar-refractivity contribution in [2.24, 2.45) is 11.1 Å². The van der Waals surface area contributed by atoms with E-state index in [1.165, 1.54) is 0 Å². The molecule has 0 radical (unpaired) electrons. The molecule has 1 nitrogen and oxygen atoms in total. The second-order valence-corrected chi connectivity index (χ2v) is 4.40. The molecule has 1 atom stereocenters. The molecule has 1 aliphatic carbocycles. The maximum Gasteiger partial charge on any atom is 0.256 e. The van der Waals surface area contributed by atoms with Crippen LogP contribution >= 0.6 is 0 Å². The second-order valence-electron chi connectivity index (χ2n) is 4.40. The maximum absolute atomic E-state index is 13.3. The Bertz CT molecular complexity index is 459. The van der Waals surface area contributed by atoms with E-state index in [0.29, 0.717) is 12.1 Å². The third kappa shape index (κ3) is 1.90. The lowest BCUT2D eigenvalue weighted by Gasteiger charge is -2.14. The molecule has 94 valence electrons. The molecule has 2 rings (SSSR count). The first-order valence-corrected chi connectivity index (χ1v) is 5.03. The Morgan fingerprint density at radius 3 is 2.06 bits per heavy atom. The standard InChI is InChI=1S/C11H10F5N/c12-7-2-9(14)8(13)1-6(7)3-10(5-17)4-11(10,15)16/h1-2H,3-5,17H2. The lowest BCUT2D eigenvalue weighted by Crippen LogP contribution is -2.25. The molecule has 6 heteroatoms. The van der Waals surface area contributed by atoms with E-state index in [0.717, 1.165) is 0 Å². The van der Waals surface area contributed by atoms with Gasteiger partial charge in [0.05, 0.1) is 5.41 Å². The monoisotopic (exact) mass is 251 g/mol. The van der Waals surface area contributed by atoms with Gasteiger partial charge in [-0.25, -0.2) is 22.0 Å². The summed E-state index contributed by atoms with van der Waals surface area (Å²) < 4.78 is 65.0. The largest absolute Gasteiger partial charge is 0.330 e. The van der Waals surface area contributed by atoms with Crippen molar-refractivity contribution >= 4 is 0 Å². The molecular formula is C11H10F5N. The smallest absolute Gasteiger partial charge is 0.256 e. The van der Waals surface area contributed by atoms with Gasteiger partial charge in [0, 0.05) is 19.0 Å². The normalized spacial score (nSPS) is 26.0. The fraction of sp³-hybridized carbons (Fsp3) is 0.455. The SMILES string of the molecule is NCC1(Cc2cc(F)c(F)cc2F)CC1(F)F. The van der Waals surface area contributed by atoms with E-state index in [9.17, 15) is 22.0 Å². The molecule has 1 aromatic rings. The second kappa shape index (κ2) is 3.66. The molecule has 1 saturated carbocycles. The maximum atomic E-state index is 13.3. The molecule has 1 fully saturated rings. The highest BCUT2D eigenvalue weighted by atomic mass is 19.3. The Hall–Kier alpha value is -1.17. The van der Waals surface area contributed by atoms with Gasteiger partial charge in [-0.05, 0) is 18.1 Å². The van der Waals surface area contributed by atoms with Gasteiger partial charge >= 0.3 is 0 Å². The van der Waals surface area contributed by atoms with E-state index in [2.05, 4.69) is 0 Å². The zero-order valence-electron chi connectivity index (χ0n) is 8.74. The molecule has 0 bridgehead atoms. The number of hydrogen-bond acceptors (Lipinski definition) is 1. The third-order valence-electron chi connectivity index (χ3n) is 3.22. The van der Waals surface area contributed by atoms with Crippen molar-refractivity contribution in [3.05, 3.63) is 35.1 Å². The van der Waals surface area contributed by atoms with Gasteiger partial charge in [-0.2, -0.15) is 0 Å². The Labute approximate surface area is 94.4 Å². The average molecular weight is 251 g/mol. The Morgan fingerprint density at radius 1 is 1.06 bits per heavy atom. The van der Waals surface area contributed by atoms with Crippen LogP contribution in [-0.2, 0) is 6.42 Å². The fourth-order valence-electron chi connectivity index (χ4n) is 1.93. The summed E-state index contributed by atoms with van der Waals surface area (Å²) in [5.41, 5.74) is 3.45. The highest BCUT2D eigenvalue weighted by Gasteiger charge is 2.69. The van der Waals surface area contributed by atoms with Crippen LogP contribution in [0.15, 0.2) is 12.1 Å². The molecule has 0 aliphatic heterocycles. The van der Waals surface area contributed by atoms with Crippen molar-refractivity contribution in [2.75, 3.05) is 6.54 Å². The van der Waals surface area contributed by atoms with Crippen molar-refractivity contribution < 1.29 is 22.0 Å². The van der Waals surface area contributed by atoms with Gasteiger partial charge in [0.2, 0.25) is 0 Å². The van der Waals surface area contributed by atoms with Gasteiger partial charge in [-0.1, -0.05) is 0 Å². The molecule has 0 amide bonds. The van der Waals surface area contributed by atoms with Gasteiger partial charge in [0.15, 0.2) is 11.6 Å². The Morgan fingerprint density at radius 2 is 1.59 bits per heavy atom. The first-order chi connectivity index (χ1) is 7.81. The molecule has 2 N–H and O–H groups in total. The highest BCUT2D eigenvalue weighted by Crippen LogP contribution is 2.61. The Kier molecular flexibility index (Phi) is 2.65. The number of rotatable bonds is 3. The summed E-state index contributed by atoms with van der Waals surface area (Å²) >= 11 is 0. The lowest BCUT2D eigenvalue weighted by molar-refractivity contribution is 0.0662. The first-order valence-electron chi connectivity index (χ1n) is 5.03. The number of benzene rings is 1. The lowest BCUT2D eigenvalue weighted by atomic mass is 9.95. The average Bonchev–Trinajstić information content (AvgIpc) is 2.78. The van der Waals surface area contributed by atoms with Crippen LogP contribution in [0.4, 0.5) is 22.0 Å². The van der Waals surface area contributed by atoms with Crippen LogP contribution in [0.1, 0.15) is 12.0 Å². The number of alkyl halides is 2. The predicted molar refractivity (Wildman–Crippen MR) is 51.1 cm³/mol. The van der Waals surface area contributed by atoms with Crippen molar-refractivity contribution in [3.8, 4) is 0 Å². The summed E-state index contributed by atoms with van der Waals surface area (Å²) in [7, 11) is 0. The van der Waals surface area contributed by atoms with E-state index in [1.807, 2.05) is 0 Å². The Balaban J connectivity index is 2.29. The van der Waals surface area contributed by atoms with Crippen molar-refractivity contribution in [2.45, 2.75) is 18.8 Å². The molecule has 0 spiro atoms. The van der Waals surface area contributed by atoms with Crippen LogP contribution in [0.3, 0.4) is 0 Å². The van der Waals surface area contributed by atoms with Crippen molar-refractivity contribution in [3.63, 3.8) is 0 Å². The van der Waals surface area contributed by atoms with E-state index in [-0.39, 0.29) is 18.5 Å². The van der Waals surface area contributed by atoms with Gasteiger partial charge < -0.3 is 5.73 Å². The molecular weight excluding hydrogens is 241 g/mol. The fourth-order valence-corrected chi connectivity index (χ4v) is 1.93. The number of hydrogen-bond donors (Lipinski definition) is 1. The highest BCUT2D eigenvalue weighted by molar-refractivity contribution is 5.26. The third-order valence-corrected chi connectivity index (χ3v) is 3.22. The van der Waals surface area contributed by atoms with Crippen molar-refractivity contribution in [1.82, 2.24) is 0 Å². The van der Waals surface area contributed by atoms with Crippen molar-refractivity contribution in [1.29, 1.82) is 0 Å². The summed E-state index contributed by atoms with van der Waals surface area (Å²) in [6.07, 6.45) is -0.839. The predicted octanol–water partition coefficient (Wildman–Crippen LogP) is 2.63. The van der Waals surface area contributed by atoms with Crippen LogP contribution in [0, 0.1) is 22.9 Å². The summed E-state index contributed by atoms with van der Waals surface area (Å²) in [4.78, 5) is 0. The van der Waals surface area contributed by atoms with Gasteiger partial charge in [0.1, 0.15) is 5.82 Å². The molecule has 1 unspecified atom stereocenters. The topological polar surface area (TPSA) is 26.0 Å². The quantitative estimate of drug-likeness (QED) is 0.648. The minimum atomic E-state index is -2.96. The zero-order valence-corrected chi connectivity index (χ0v) is 8.74. The van der Waals surface area contributed by atoms with Crippen LogP contribution < -0.4 is 5.73 Å². The molecule has 0 aromatic heterocycles. The molecule has 0 heterocycles. The van der Waals surface area contributed by atoms with Crippen LogP contribution in [-0.4, -0.2) is 12.5 Å². The minimum Gasteiger partial charge on any atom is -0.330 e. The summed E-state index contributed by atoms with van der Waals surface area (Å²) in [6, 6.07) is 0.964. The van der Waals surface area contributed by atoms with Gasteiger partial charge in [0.25, 0.3) is 5.92 Å². The van der Waals surface area contributed by atoms with Crippen LogP contribution in [0.25, 0.3) is 0 Å². The van der Waals surface area contributed by atoms with E-state index in [4.69, 9.17) is 5.73 Å². The van der Waals surface area contributed by atoms with E-state index in [1.54, 1.807) is 0 Å². The summed E-state index contributed by atoms with van der Waals surface area (Å²) in [5.74, 6) is -6.58. The summed E-state index contributed by atoms with van der Waals surface area (Å²) in [5, 5.41) is 0. The first kappa shape index (κ1) is 12.3. The summed E-state index contributed by atoms with van der Waals surface area (Å²) in [6.45, 7) is -0.321. The van der Waals surface area contributed by atoms with E-state index < -0.39 is 35.2 Å². The molecule has 0 saturated heterocycles. The molecule has 17 heavy (non-hydrogen) atoms. The number of nitrogens with two attached hydrogens (primary N) is 1. The van der Waals surface area contributed by atoms with Crippen LogP contribution in [0.2, 0.25) is 0 Å². The molecule has 1 aromatic carbocycles. The minimum absolute atomic E-state index is 0.272.